The number of carboxylic acids is 1. The van der Waals surface area contributed by atoms with Crippen molar-refractivity contribution in [3.8, 4) is 0 Å². The van der Waals surface area contributed by atoms with E-state index >= 15 is 0 Å². The number of hydrogen-bond donors (Lipinski definition) is 1. The minimum atomic E-state index is -0.903. The van der Waals surface area contributed by atoms with Crippen LogP contribution in [0.2, 0.25) is 5.02 Å². The van der Waals surface area contributed by atoms with Crippen LogP contribution < -0.4 is 5.69 Å². The van der Waals surface area contributed by atoms with Gasteiger partial charge in [0.2, 0.25) is 0 Å². The number of benzene rings is 2. The van der Waals surface area contributed by atoms with Crippen LogP contribution in [0.4, 0.5) is 0 Å². The number of halogens is 1. The van der Waals surface area contributed by atoms with Crippen LogP contribution in [0.3, 0.4) is 0 Å². The highest BCUT2D eigenvalue weighted by molar-refractivity contribution is 6.31. The predicted octanol–water partition coefficient (Wildman–Crippen LogP) is 5.74. The third-order valence-corrected chi connectivity index (χ3v) is 7.00. The number of fused-ring (bicyclic) bond motifs is 2. The molecule has 0 aliphatic rings. The monoisotopic (exact) mass is 467 g/mol. The lowest BCUT2D eigenvalue weighted by atomic mass is 10.1. The van der Waals surface area contributed by atoms with E-state index in [4.69, 9.17) is 11.6 Å². The van der Waals surface area contributed by atoms with E-state index in [1.165, 1.54) is 5.56 Å². The molecule has 0 amide bonds. The SMILES string of the molecule is CCCC(CC(=O)O)n1c(=O)n(Cc2cc(Cl)cc3c(C)c(C)n(C)c23)c2ccc(C)cc21. The van der Waals surface area contributed by atoms with E-state index in [0.29, 0.717) is 18.0 Å². The second kappa shape index (κ2) is 8.75. The summed E-state index contributed by atoms with van der Waals surface area (Å²) in [6.07, 6.45) is 1.33. The maximum absolute atomic E-state index is 13.8. The number of nitrogens with zero attached hydrogens (tertiary/aromatic N) is 3. The van der Waals surface area contributed by atoms with Gasteiger partial charge in [-0.05, 0) is 68.1 Å². The van der Waals surface area contributed by atoms with E-state index in [1.54, 1.807) is 9.13 Å². The highest BCUT2D eigenvalue weighted by Crippen LogP contribution is 2.32. The van der Waals surface area contributed by atoms with E-state index in [-0.39, 0.29) is 12.1 Å². The van der Waals surface area contributed by atoms with Crippen LogP contribution >= 0.6 is 11.6 Å². The average Bonchev–Trinajstić information content (AvgIpc) is 3.13. The van der Waals surface area contributed by atoms with Crippen molar-refractivity contribution < 1.29 is 9.90 Å². The molecule has 33 heavy (non-hydrogen) atoms. The molecule has 0 bridgehead atoms. The Hall–Kier alpha value is -2.99. The van der Waals surface area contributed by atoms with Crippen LogP contribution in [0.1, 0.15) is 54.6 Å². The largest absolute Gasteiger partial charge is 0.481 e. The van der Waals surface area contributed by atoms with Crippen molar-refractivity contribution in [1.29, 1.82) is 0 Å². The number of rotatable bonds is 7. The third kappa shape index (κ3) is 3.97. The van der Waals surface area contributed by atoms with Gasteiger partial charge in [-0.25, -0.2) is 4.79 Å². The lowest BCUT2D eigenvalue weighted by Gasteiger charge is -2.16. The zero-order valence-corrected chi connectivity index (χ0v) is 20.5. The molecule has 1 atom stereocenters. The first-order chi connectivity index (χ1) is 15.6. The standard InChI is InChI=1S/C26H30ClN3O3/c1-6-7-20(13-24(31)32)30-23-10-15(2)8-9-22(23)29(26(30)33)14-18-11-19(27)12-21-16(3)17(4)28(5)25(18)21/h8-12,20H,6-7,13-14H2,1-5H3,(H,31,32). The molecule has 0 fully saturated rings. The fraction of sp³-hybridized carbons (Fsp3) is 0.385. The summed E-state index contributed by atoms with van der Waals surface area (Å²) in [5.74, 6) is -0.903. The summed E-state index contributed by atoms with van der Waals surface area (Å²) in [5, 5.41) is 11.2. The first kappa shape index (κ1) is 23.2. The molecule has 4 aromatic rings. The Morgan fingerprint density at radius 1 is 1.12 bits per heavy atom. The minimum absolute atomic E-state index is 0.0849. The number of carboxylic acid groups (broad SMARTS) is 1. The van der Waals surface area contributed by atoms with Crippen molar-refractivity contribution in [2.24, 2.45) is 7.05 Å². The van der Waals surface area contributed by atoms with Crippen LogP contribution in [0.15, 0.2) is 35.1 Å². The molecule has 6 nitrogen and oxygen atoms in total. The maximum Gasteiger partial charge on any atom is 0.329 e. The normalized spacial score (nSPS) is 12.7. The van der Waals surface area contributed by atoms with Gasteiger partial charge in [-0.15, -0.1) is 0 Å². The van der Waals surface area contributed by atoms with E-state index in [2.05, 4.69) is 18.4 Å². The molecule has 0 aliphatic carbocycles. The fourth-order valence-corrected chi connectivity index (χ4v) is 5.24. The number of aryl methyl sites for hydroxylation is 3. The quantitative estimate of drug-likeness (QED) is 0.377. The summed E-state index contributed by atoms with van der Waals surface area (Å²) >= 11 is 6.49. The van der Waals surface area contributed by atoms with Gasteiger partial charge in [-0.1, -0.05) is 31.0 Å². The summed E-state index contributed by atoms with van der Waals surface area (Å²) < 4.78 is 5.58. The summed E-state index contributed by atoms with van der Waals surface area (Å²) in [6.45, 7) is 8.50. The van der Waals surface area contributed by atoms with Gasteiger partial charge < -0.3 is 9.67 Å². The van der Waals surface area contributed by atoms with Crippen LogP contribution in [-0.2, 0) is 18.4 Å². The second-order valence-electron chi connectivity index (χ2n) is 9.00. The molecule has 0 aliphatic heterocycles. The lowest BCUT2D eigenvalue weighted by molar-refractivity contribution is -0.137. The highest BCUT2D eigenvalue weighted by Gasteiger charge is 2.23. The average molecular weight is 468 g/mol. The van der Waals surface area contributed by atoms with Gasteiger partial charge in [0.15, 0.2) is 0 Å². The predicted molar refractivity (Wildman–Crippen MR) is 134 cm³/mol. The third-order valence-electron chi connectivity index (χ3n) is 6.78. The van der Waals surface area contributed by atoms with Crippen molar-refractivity contribution in [2.75, 3.05) is 0 Å². The summed E-state index contributed by atoms with van der Waals surface area (Å²) in [4.78, 5) is 25.4. The summed E-state index contributed by atoms with van der Waals surface area (Å²) in [7, 11) is 2.03. The van der Waals surface area contributed by atoms with Crippen molar-refractivity contribution >= 4 is 39.5 Å². The maximum atomic E-state index is 13.8. The van der Waals surface area contributed by atoms with Crippen LogP contribution in [-0.4, -0.2) is 24.8 Å². The van der Waals surface area contributed by atoms with E-state index < -0.39 is 12.0 Å². The molecular formula is C26H30ClN3O3. The smallest absolute Gasteiger partial charge is 0.329 e. The molecule has 4 rings (SSSR count). The number of aromatic nitrogens is 3. The Bertz CT molecular complexity index is 1440. The fourth-order valence-electron chi connectivity index (χ4n) is 5.00. The zero-order chi connectivity index (χ0) is 24.0. The topological polar surface area (TPSA) is 69.2 Å². The molecule has 1 unspecified atom stereocenters. The second-order valence-corrected chi connectivity index (χ2v) is 9.44. The first-order valence-electron chi connectivity index (χ1n) is 11.3. The highest BCUT2D eigenvalue weighted by atomic mass is 35.5. The van der Waals surface area contributed by atoms with E-state index in [0.717, 1.165) is 45.2 Å². The Balaban J connectivity index is 1.97. The molecule has 2 aromatic carbocycles. The van der Waals surface area contributed by atoms with Crippen LogP contribution in [0, 0.1) is 20.8 Å². The number of hydrogen-bond acceptors (Lipinski definition) is 2. The molecule has 2 heterocycles. The van der Waals surface area contributed by atoms with Gasteiger partial charge in [-0.2, -0.15) is 0 Å². The van der Waals surface area contributed by atoms with Crippen molar-refractivity contribution in [3.63, 3.8) is 0 Å². The zero-order valence-electron chi connectivity index (χ0n) is 19.8. The van der Waals surface area contributed by atoms with Crippen LogP contribution in [0.25, 0.3) is 21.9 Å². The Morgan fingerprint density at radius 2 is 1.85 bits per heavy atom. The van der Waals surface area contributed by atoms with E-state index in [9.17, 15) is 14.7 Å². The van der Waals surface area contributed by atoms with E-state index in [1.807, 2.05) is 51.2 Å². The van der Waals surface area contributed by atoms with Gasteiger partial charge in [0.05, 0.1) is 29.5 Å². The van der Waals surface area contributed by atoms with Gasteiger partial charge in [0.1, 0.15) is 0 Å². The molecule has 7 heteroatoms. The number of imidazole rings is 1. The molecule has 0 saturated carbocycles. The molecule has 0 saturated heterocycles. The lowest BCUT2D eigenvalue weighted by Crippen LogP contribution is -2.29. The minimum Gasteiger partial charge on any atom is -0.481 e. The Kier molecular flexibility index (Phi) is 6.14. The Morgan fingerprint density at radius 3 is 2.52 bits per heavy atom. The molecule has 1 N–H and O–H groups in total. The van der Waals surface area contributed by atoms with Crippen LogP contribution in [0.5, 0.6) is 0 Å². The van der Waals surface area contributed by atoms with Gasteiger partial charge in [0.25, 0.3) is 0 Å². The molecule has 0 radical (unpaired) electrons. The van der Waals surface area contributed by atoms with Crippen molar-refractivity contribution in [1.82, 2.24) is 13.7 Å². The number of aliphatic carboxylic acids is 1. The van der Waals surface area contributed by atoms with Gasteiger partial charge in [-0.3, -0.25) is 13.9 Å². The summed E-state index contributed by atoms with van der Waals surface area (Å²) in [6, 6.07) is 9.41. The van der Waals surface area contributed by atoms with Crippen molar-refractivity contribution in [2.45, 2.75) is 59.5 Å². The van der Waals surface area contributed by atoms with Gasteiger partial charge in [0, 0.05) is 29.2 Å². The summed E-state index contributed by atoms with van der Waals surface area (Å²) in [5.41, 5.74) is 6.76. The van der Waals surface area contributed by atoms with Gasteiger partial charge >= 0.3 is 11.7 Å². The van der Waals surface area contributed by atoms with Crippen molar-refractivity contribution in [3.05, 3.63) is 68.2 Å². The molecule has 2 aromatic heterocycles. The molecule has 0 spiro atoms. The molecular weight excluding hydrogens is 438 g/mol. The molecule has 174 valence electrons. The Labute approximate surface area is 198 Å². The first-order valence-corrected chi connectivity index (χ1v) is 11.7. The number of carbonyl (C=O) groups is 1.